The molecule has 1 saturated heterocycles. The summed E-state index contributed by atoms with van der Waals surface area (Å²) in [5.41, 5.74) is 0.377. The van der Waals surface area contributed by atoms with E-state index >= 15 is 0 Å². The van der Waals surface area contributed by atoms with Crippen LogP contribution >= 0.6 is 0 Å². The average Bonchev–Trinajstić information content (AvgIpc) is 2.47. The highest BCUT2D eigenvalue weighted by molar-refractivity contribution is 5.82. The number of halogens is 2. The van der Waals surface area contributed by atoms with Gasteiger partial charge in [-0.3, -0.25) is 9.69 Å². The first-order valence-corrected chi connectivity index (χ1v) is 8.47. The number of carbonyl (C=O) groups excluding carboxylic acids is 1. The van der Waals surface area contributed by atoms with E-state index in [1.165, 1.54) is 31.4 Å². The molecule has 0 spiro atoms. The Labute approximate surface area is 136 Å². The third-order valence-corrected chi connectivity index (χ3v) is 5.18. The van der Waals surface area contributed by atoms with Gasteiger partial charge in [-0.1, -0.05) is 12.5 Å². The largest absolute Gasteiger partial charge is 0.337 e. The van der Waals surface area contributed by atoms with Crippen molar-refractivity contribution in [3.05, 3.63) is 35.4 Å². The molecule has 1 aromatic rings. The molecule has 1 aromatic carbocycles. The van der Waals surface area contributed by atoms with Crippen molar-refractivity contribution in [2.24, 2.45) is 5.92 Å². The lowest BCUT2D eigenvalue weighted by molar-refractivity contribution is -0.140. The SMILES string of the molecule is CN(CC1CCC1)[C@H]1CCCN(Cc2ccc(F)cc2F)C1=O. The van der Waals surface area contributed by atoms with Crippen LogP contribution in [0, 0.1) is 17.6 Å². The van der Waals surface area contributed by atoms with Gasteiger partial charge in [0.1, 0.15) is 11.6 Å². The predicted octanol–water partition coefficient (Wildman–Crippen LogP) is 3.19. The molecule has 1 saturated carbocycles. The normalized spacial score (nSPS) is 22.5. The number of likely N-dealkylation sites (N-methyl/N-ethyl adjacent to an activating group) is 1. The third-order valence-electron chi connectivity index (χ3n) is 5.18. The lowest BCUT2D eigenvalue weighted by Crippen LogP contribution is -2.52. The van der Waals surface area contributed by atoms with E-state index in [0.717, 1.165) is 31.4 Å². The van der Waals surface area contributed by atoms with Gasteiger partial charge in [-0.2, -0.15) is 0 Å². The van der Waals surface area contributed by atoms with Gasteiger partial charge < -0.3 is 4.90 Å². The van der Waals surface area contributed by atoms with Gasteiger partial charge in [0, 0.05) is 31.3 Å². The Bertz CT molecular complexity index is 574. The van der Waals surface area contributed by atoms with Crippen molar-refractivity contribution >= 4 is 5.91 Å². The lowest BCUT2D eigenvalue weighted by atomic mass is 9.84. The van der Waals surface area contributed by atoms with E-state index in [0.29, 0.717) is 12.1 Å². The first kappa shape index (κ1) is 16.4. The second-order valence-corrected chi connectivity index (χ2v) is 6.89. The topological polar surface area (TPSA) is 23.6 Å². The fraction of sp³-hybridized carbons (Fsp3) is 0.611. The summed E-state index contributed by atoms with van der Waals surface area (Å²) in [6, 6.07) is 3.45. The second-order valence-electron chi connectivity index (χ2n) is 6.89. The van der Waals surface area contributed by atoms with Crippen molar-refractivity contribution in [3.8, 4) is 0 Å². The molecule has 1 atom stereocenters. The van der Waals surface area contributed by atoms with Gasteiger partial charge in [0.15, 0.2) is 0 Å². The molecule has 0 unspecified atom stereocenters. The first-order valence-electron chi connectivity index (χ1n) is 8.47. The van der Waals surface area contributed by atoms with Crippen LogP contribution in [0.5, 0.6) is 0 Å². The van der Waals surface area contributed by atoms with Crippen LogP contribution in [0.2, 0.25) is 0 Å². The second kappa shape index (κ2) is 6.95. The number of amides is 1. The number of hydrogen-bond donors (Lipinski definition) is 0. The Hall–Kier alpha value is -1.49. The quantitative estimate of drug-likeness (QED) is 0.831. The van der Waals surface area contributed by atoms with Crippen LogP contribution in [-0.4, -0.2) is 41.9 Å². The van der Waals surface area contributed by atoms with Gasteiger partial charge in [0.25, 0.3) is 0 Å². The highest BCUT2D eigenvalue weighted by Crippen LogP contribution is 2.28. The van der Waals surface area contributed by atoms with Crippen LogP contribution in [0.4, 0.5) is 8.78 Å². The van der Waals surface area contributed by atoms with Crippen molar-refractivity contribution in [1.82, 2.24) is 9.80 Å². The monoisotopic (exact) mass is 322 g/mol. The molecule has 126 valence electrons. The summed E-state index contributed by atoms with van der Waals surface area (Å²) in [5.74, 6) is -0.378. The minimum absolute atomic E-state index is 0.0711. The smallest absolute Gasteiger partial charge is 0.240 e. The number of carbonyl (C=O) groups is 1. The molecule has 0 radical (unpaired) electrons. The highest BCUT2D eigenvalue weighted by atomic mass is 19.1. The molecule has 3 nitrogen and oxygen atoms in total. The summed E-state index contributed by atoms with van der Waals surface area (Å²) in [6.45, 7) is 1.83. The van der Waals surface area contributed by atoms with E-state index in [4.69, 9.17) is 0 Å². The van der Waals surface area contributed by atoms with Crippen LogP contribution in [0.1, 0.15) is 37.7 Å². The summed E-state index contributed by atoms with van der Waals surface area (Å²) in [4.78, 5) is 16.6. The Balaban J connectivity index is 1.64. The molecule has 1 aliphatic heterocycles. The molecule has 0 N–H and O–H groups in total. The fourth-order valence-electron chi connectivity index (χ4n) is 3.55. The number of nitrogens with zero attached hydrogens (tertiary/aromatic N) is 2. The number of likely N-dealkylation sites (tertiary alicyclic amines) is 1. The Kier molecular flexibility index (Phi) is 4.95. The maximum absolute atomic E-state index is 13.8. The van der Waals surface area contributed by atoms with E-state index in [9.17, 15) is 13.6 Å². The zero-order valence-electron chi connectivity index (χ0n) is 13.6. The van der Waals surface area contributed by atoms with E-state index in [1.54, 1.807) is 4.90 Å². The zero-order chi connectivity index (χ0) is 16.4. The molecule has 2 fully saturated rings. The van der Waals surface area contributed by atoms with Gasteiger partial charge in [-0.15, -0.1) is 0 Å². The average molecular weight is 322 g/mol. The van der Waals surface area contributed by atoms with Gasteiger partial charge in [-0.05, 0) is 44.7 Å². The molecule has 0 bridgehead atoms. The fourth-order valence-corrected chi connectivity index (χ4v) is 3.55. The summed E-state index contributed by atoms with van der Waals surface area (Å²) < 4.78 is 26.8. The number of hydrogen-bond acceptors (Lipinski definition) is 2. The lowest BCUT2D eigenvalue weighted by Gasteiger charge is -2.39. The van der Waals surface area contributed by atoms with E-state index in [-0.39, 0.29) is 18.5 Å². The van der Waals surface area contributed by atoms with Gasteiger partial charge in [0.05, 0.1) is 6.04 Å². The molecule has 1 aliphatic carbocycles. The van der Waals surface area contributed by atoms with E-state index in [2.05, 4.69) is 4.90 Å². The van der Waals surface area contributed by atoms with Crippen molar-refractivity contribution in [2.75, 3.05) is 20.1 Å². The minimum atomic E-state index is -0.589. The van der Waals surface area contributed by atoms with Crippen molar-refractivity contribution < 1.29 is 13.6 Å². The minimum Gasteiger partial charge on any atom is -0.337 e. The zero-order valence-corrected chi connectivity index (χ0v) is 13.6. The molecule has 1 amide bonds. The number of rotatable bonds is 5. The van der Waals surface area contributed by atoms with Gasteiger partial charge in [-0.25, -0.2) is 8.78 Å². The summed E-state index contributed by atoms with van der Waals surface area (Å²) in [5, 5.41) is 0. The van der Waals surface area contributed by atoms with E-state index < -0.39 is 11.6 Å². The van der Waals surface area contributed by atoms with Crippen LogP contribution < -0.4 is 0 Å². The standard InChI is InChI=1S/C18H24F2N2O/c1-21(11-13-4-2-5-13)17-6-3-9-22(18(17)23)12-14-7-8-15(19)10-16(14)20/h7-8,10,13,17H,2-6,9,11-12H2,1H3/t17-/m0/s1. The van der Waals surface area contributed by atoms with Crippen LogP contribution in [-0.2, 0) is 11.3 Å². The van der Waals surface area contributed by atoms with Crippen molar-refractivity contribution in [1.29, 1.82) is 0 Å². The molecule has 0 aromatic heterocycles. The Morgan fingerprint density at radius 2 is 2.00 bits per heavy atom. The maximum atomic E-state index is 13.8. The Morgan fingerprint density at radius 3 is 2.65 bits per heavy atom. The third kappa shape index (κ3) is 3.71. The summed E-state index contributed by atoms with van der Waals surface area (Å²) in [7, 11) is 2.02. The highest BCUT2D eigenvalue weighted by Gasteiger charge is 2.33. The molecule has 2 aliphatic rings. The van der Waals surface area contributed by atoms with E-state index in [1.807, 2.05) is 7.05 Å². The number of piperidine rings is 1. The van der Waals surface area contributed by atoms with Crippen molar-refractivity contribution in [3.63, 3.8) is 0 Å². The predicted molar refractivity (Wildman–Crippen MR) is 84.8 cm³/mol. The van der Waals surface area contributed by atoms with Crippen LogP contribution in [0.25, 0.3) is 0 Å². The van der Waals surface area contributed by atoms with Crippen molar-refractivity contribution in [2.45, 2.75) is 44.7 Å². The van der Waals surface area contributed by atoms with Gasteiger partial charge in [0.2, 0.25) is 5.91 Å². The van der Waals surface area contributed by atoms with Crippen LogP contribution in [0.3, 0.4) is 0 Å². The van der Waals surface area contributed by atoms with Gasteiger partial charge >= 0.3 is 0 Å². The summed E-state index contributed by atoms with van der Waals surface area (Å²) >= 11 is 0. The maximum Gasteiger partial charge on any atom is 0.240 e. The molecular weight excluding hydrogens is 298 g/mol. The summed E-state index contributed by atoms with van der Waals surface area (Å²) in [6.07, 6.45) is 5.61. The molecule has 5 heteroatoms. The number of benzene rings is 1. The van der Waals surface area contributed by atoms with Crippen LogP contribution in [0.15, 0.2) is 18.2 Å². The molecular formula is C18H24F2N2O. The Morgan fingerprint density at radius 1 is 1.22 bits per heavy atom. The molecule has 1 heterocycles. The molecule has 3 rings (SSSR count). The first-order chi connectivity index (χ1) is 11.0. The molecule has 23 heavy (non-hydrogen) atoms.